The molecule has 0 atom stereocenters. The first-order valence-corrected chi connectivity index (χ1v) is 6.41. The van der Waals surface area contributed by atoms with Gasteiger partial charge in [-0.15, -0.1) is 26.3 Å². The highest BCUT2D eigenvalue weighted by Gasteiger charge is 2.32. The number of alkyl halides is 6. The van der Waals surface area contributed by atoms with Crippen LogP contribution in [0.15, 0.2) is 48.5 Å². The molecule has 129 valence electrons. The lowest BCUT2D eigenvalue weighted by molar-refractivity contribution is -0.275. The van der Waals surface area contributed by atoms with Crippen LogP contribution >= 0.6 is 0 Å². The molecule has 0 aliphatic heterocycles. The molecular formula is C15H9F6O3. The molecule has 0 saturated heterocycles. The highest BCUT2D eigenvalue weighted by molar-refractivity contribution is 5.36. The third kappa shape index (κ3) is 5.34. The van der Waals surface area contributed by atoms with Crippen molar-refractivity contribution in [2.24, 2.45) is 0 Å². The minimum absolute atomic E-state index is 0.133. The average Bonchev–Trinajstić information content (AvgIpc) is 2.45. The van der Waals surface area contributed by atoms with E-state index < -0.39 is 30.3 Å². The van der Waals surface area contributed by atoms with Gasteiger partial charge >= 0.3 is 12.7 Å². The molecule has 0 spiro atoms. The van der Waals surface area contributed by atoms with Gasteiger partial charge in [0.2, 0.25) is 0 Å². The summed E-state index contributed by atoms with van der Waals surface area (Å²) in [5.74, 6) is -0.959. The summed E-state index contributed by atoms with van der Waals surface area (Å²) in [6.45, 7) is 0. The zero-order chi connectivity index (χ0) is 18.0. The zero-order valence-corrected chi connectivity index (χ0v) is 11.7. The Kier molecular flexibility index (Phi) is 4.93. The van der Waals surface area contributed by atoms with Crippen molar-refractivity contribution in [1.82, 2.24) is 0 Å². The van der Waals surface area contributed by atoms with Crippen LogP contribution in [-0.2, 0) is 5.11 Å². The molecule has 0 saturated carbocycles. The van der Waals surface area contributed by atoms with Gasteiger partial charge in [-0.2, -0.15) is 0 Å². The molecule has 9 heteroatoms. The van der Waals surface area contributed by atoms with E-state index in [0.717, 1.165) is 48.5 Å². The van der Waals surface area contributed by atoms with Crippen LogP contribution in [0.2, 0.25) is 0 Å². The zero-order valence-electron chi connectivity index (χ0n) is 11.7. The van der Waals surface area contributed by atoms with E-state index in [1.54, 1.807) is 0 Å². The quantitative estimate of drug-likeness (QED) is 0.727. The molecule has 2 aromatic carbocycles. The summed E-state index contributed by atoms with van der Waals surface area (Å²) in [6, 6.07) is 8.53. The number of hydrogen-bond donors (Lipinski definition) is 0. The molecule has 0 aliphatic rings. The largest absolute Gasteiger partial charge is 0.573 e. The van der Waals surface area contributed by atoms with Gasteiger partial charge in [0.25, 0.3) is 0 Å². The summed E-state index contributed by atoms with van der Waals surface area (Å²) in [4.78, 5) is 0. The minimum atomic E-state index is -4.84. The number of benzene rings is 2. The van der Waals surface area contributed by atoms with Crippen LogP contribution in [0.1, 0.15) is 17.2 Å². The Morgan fingerprint density at radius 2 is 0.917 bits per heavy atom. The molecule has 0 heterocycles. The fraction of sp³-hybridized carbons (Fsp3) is 0.200. The van der Waals surface area contributed by atoms with E-state index in [1.165, 1.54) is 0 Å². The van der Waals surface area contributed by atoms with Gasteiger partial charge in [-0.1, -0.05) is 24.3 Å². The molecule has 2 rings (SSSR count). The second kappa shape index (κ2) is 6.60. The predicted molar refractivity (Wildman–Crippen MR) is 68.8 cm³/mol. The van der Waals surface area contributed by atoms with E-state index in [1.807, 2.05) is 0 Å². The van der Waals surface area contributed by atoms with Gasteiger partial charge in [-0.3, -0.25) is 0 Å². The first-order chi connectivity index (χ1) is 11.0. The maximum Gasteiger partial charge on any atom is 0.573 e. The summed E-state index contributed by atoms with van der Waals surface area (Å²) in [6.07, 6.45) is -11.2. The Morgan fingerprint density at radius 1 is 0.625 bits per heavy atom. The van der Waals surface area contributed by atoms with Crippen molar-refractivity contribution in [3.05, 3.63) is 59.7 Å². The van der Waals surface area contributed by atoms with Crippen LogP contribution in [0.25, 0.3) is 0 Å². The summed E-state index contributed by atoms with van der Waals surface area (Å²) < 4.78 is 79.6. The van der Waals surface area contributed by atoms with Crippen LogP contribution in [0, 0.1) is 0 Å². The maximum absolute atomic E-state index is 12.2. The fourth-order valence-electron chi connectivity index (χ4n) is 1.88. The molecule has 0 aliphatic carbocycles. The second-order valence-electron chi connectivity index (χ2n) is 4.61. The Bertz CT molecular complexity index is 602. The van der Waals surface area contributed by atoms with Crippen LogP contribution in [-0.4, -0.2) is 12.7 Å². The second-order valence-corrected chi connectivity index (χ2v) is 4.61. The van der Waals surface area contributed by atoms with Crippen molar-refractivity contribution >= 4 is 0 Å². The third-order valence-corrected chi connectivity index (χ3v) is 2.83. The Balaban J connectivity index is 2.09. The lowest BCUT2D eigenvalue weighted by Crippen LogP contribution is -2.17. The number of hydrogen-bond acceptors (Lipinski definition) is 2. The summed E-state index contributed by atoms with van der Waals surface area (Å²) in [5, 5.41) is 12.2. The Hall–Kier alpha value is -2.42. The fourth-order valence-corrected chi connectivity index (χ4v) is 1.88. The molecule has 0 aromatic heterocycles. The van der Waals surface area contributed by atoms with Gasteiger partial charge in [0, 0.05) is 0 Å². The number of ether oxygens (including phenoxy) is 2. The first-order valence-electron chi connectivity index (χ1n) is 6.41. The summed E-state index contributed by atoms with van der Waals surface area (Å²) in [5.41, 5.74) is 0.267. The van der Waals surface area contributed by atoms with Crippen LogP contribution in [0.3, 0.4) is 0 Å². The number of rotatable bonds is 4. The van der Waals surface area contributed by atoms with Gasteiger partial charge in [-0.05, 0) is 35.4 Å². The van der Waals surface area contributed by atoms with Crippen molar-refractivity contribution in [2.45, 2.75) is 18.8 Å². The average molecular weight is 351 g/mol. The van der Waals surface area contributed by atoms with Crippen LogP contribution in [0.4, 0.5) is 26.3 Å². The lowest BCUT2D eigenvalue weighted by Gasteiger charge is -2.13. The molecule has 2 aromatic rings. The molecule has 24 heavy (non-hydrogen) atoms. The van der Waals surface area contributed by atoms with Gasteiger partial charge in [-0.25, -0.2) is 5.11 Å². The van der Waals surface area contributed by atoms with Crippen molar-refractivity contribution in [1.29, 1.82) is 0 Å². The minimum Gasteiger partial charge on any atom is -0.406 e. The molecule has 0 unspecified atom stereocenters. The Labute approximate surface area is 132 Å². The van der Waals surface area contributed by atoms with Crippen molar-refractivity contribution in [3.8, 4) is 11.5 Å². The molecule has 0 fully saturated rings. The van der Waals surface area contributed by atoms with Gasteiger partial charge in [0.05, 0.1) is 0 Å². The highest BCUT2D eigenvalue weighted by atomic mass is 19.4. The lowest BCUT2D eigenvalue weighted by atomic mass is 10.0. The number of halogens is 6. The van der Waals surface area contributed by atoms with Crippen molar-refractivity contribution in [2.75, 3.05) is 0 Å². The standard InChI is InChI=1S/C15H9F6O3/c16-14(17,18)23-11-5-1-9(2-6-11)13(22)10-3-7-12(8-4-10)24-15(19,20)21/h1-8,13H. The highest BCUT2D eigenvalue weighted by Crippen LogP contribution is 2.29. The molecule has 0 N–H and O–H groups in total. The molecule has 1 radical (unpaired) electrons. The van der Waals surface area contributed by atoms with E-state index >= 15 is 0 Å². The maximum atomic E-state index is 12.2. The monoisotopic (exact) mass is 351 g/mol. The van der Waals surface area contributed by atoms with E-state index in [2.05, 4.69) is 9.47 Å². The SMILES string of the molecule is [O]C(c1ccc(OC(F)(F)F)cc1)c1ccc(OC(F)(F)F)cc1. The third-order valence-electron chi connectivity index (χ3n) is 2.83. The first kappa shape index (κ1) is 17.9. The van der Waals surface area contributed by atoms with E-state index in [-0.39, 0.29) is 11.1 Å². The predicted octanol–water partition coefficient (Wildman–Crippen LogP) is 5.00. The summed E-state index contributed by atoms with van der Waals surface area (Å²) >= 11 is 0. The van der Waals surface area contributed by atoms with Gasteiger partial charge in [0.1, 0.15) is 17.6 Å². The molecule has 0 amide bonds. The topological polar surface area (TPSA) is 38.4 Å². The van der Waals surface area contributed by atoms with Crippen LogP contribution in [0.5, 0.6) is 11.5 Å². The van der Waals surface area contributed by atoms with Crippen LogP contribution < -0.4 is 9.47 Å². The molecule has 3 nitrogen and oxygen atoms in total. The van der Waals surface area contributed by atoms with Gasteiger partial charge in [0.15, 0.2) is 0 Å². The smallest absolute Gasteiger partial charge is 0.406 e. The van der Waals surface area contributed by atoms with E-state index in [4.69, 9.17) is 0 Å². The molecule has 0 bridgehead atoms. The normalized spacial score (nSPS) is 12.3. The van der Waals surface area contributed by atoms with E-state index in [9.17, 15) is 31.4 Å². The molecular weight excluding hydrogens is 342 g/mol. The van der Waals surface area contributed by atoms with Crippen molar-refractivity contribution in [3.63, 3.8) is 0 Å². The van der Waals surface area contributed by atoms with E-state index in [0.29, 0.717) is 0 Å². The van der Waals surface area contributed by atoms with Gasteiger partial charge < -0.3 is 9.47 Å². The van der Waals surface area contributed by atoms with Crippen molar-refractivity contribution < 1.29 is 40.9 Å². The summed E-state index contributed by atoms with van der Waals surface area (Å²) in [7, 11) is 0. The Morgan fingerprint density at radius 3 is 1.17 bits per heavy atom.